The molecule has 26 heavy (non-hydrogen) atoms. The second-order valence-electron chi connectivity index (χ2n) is 9.01. The highest BCUT2D eigenvalue weighted by molar-refractivity contribution is 6.00. The van der Waals surface area contributed by atoms with Gasteiger partial charge < -0.3 is 5.32 Å². The minimum atomic E-state index is 0.0835. The van der Waals surface area contributed by atoms with Crippen molar-refractivity contribution >= 4 is 5.91 Å². The molecule has 0 atom stereocenters. The van der Waals surface area contributed by atoms with Gasteiger partial charge in [-0.05, 0) is 78.9 Å². The summed E-state index contributed by atoms with van der Waals surface area (Å²) in [5.41, 5.74) is 3.30. The molecule has 134 valence electrons. The molecule has 0 spiro atoms. The molecular formula is C24H27NO. The Hall–Kier alpha value is -2.09. The number of rotatable bonds is 4. The van der Waals surface area contributed by atoms with E-state index in [9.17, 15) is 4.79 Å². The fourth-order valence-corrected chi connectivity index (χ4v) is 6.42. The first-order valence-corrected chi connectivity index (χ1v) is 10.1. The zero-order valence-electron chi connectivity index (χ0n) is 15.3. The van der Waals surface area contributed by atoms with Gasteiger partial charge in [-0.15, -0.1) is 0 Å². The fraction of sp³-hybridized carbons (Fsp3) is 0.458. The molecule has 2 heteroatoms. The van der Waals surface area contributed by atoms with Crippen molar-refractivity contribution in [1.82, 2.24) is 5.32 Å². The molecule has 0 aromatic heterocycles. The fourth-order valence-electron chi connectivity index (χ4n) is 6.42. The summed E-state index contributed by atoms with van der Waals surface area (Å²) in [5, 5.41) is 3.33. The van der Waals surface area contributed by atoms with Gasteiger partial charge >= 0.3 is 0 Å². The van der Waals surface area contributed by atoms with Crippen molar-refractivity contribution in [1.29, 1.82) is 0 Å². The van der Waals surface area contributed by atoms with Gasteiger partial charge in [0.15, 0.2) is 0 Å². The van der Waals surface area contributed by atoms with Crippen LogP contribution in [0.25, 0.3) is 11.1 Å². The minimum Gasteiger partial charge on any atom is -0.351 e. The molecule has 4 bridgehead atoms. The van der Waals surface area contributed by atoms with Crippen LogP contribution in [0.5, 0.6) is 0 Å². The Balaban J connectivity index is 1.34. The lowest BCUT2D eigenvalue weighted by Crippen LogP contribution is -2.51. The third-order valence-electron chi connectivity index (χ3n) is 7.05. The molecule has 0 radical (unpaired) electrons. The Morgan fingerprint density at radius 1 is 0.846 bits per heavy atom. The minimum absolute atomic E-state index is 0.0835. The number of benzene rings is 2. The van der Waals surface area contributed by atoms with E-state index >= 15 is 0 Å². The lowest BCUT2D eigenvalue weighted by Gasteiger charge is -2.56. The van der Waals surface area contributed by atoms with Gasteiger partial charge in [-0.25, -0.2) is 0 Å². The summed E-state index contributed by atoms with van der Waals surface area (Å²) in [6.45, 7) is 0.860. The van der Waals surface area contributed by atoms with E-state index < -0.39 is 0 Å². The number of carbonyl (C=O) groups is 1. The maximum atomic E-state index is 13.0. The van der Waals surface area contributed by atoms with Crippen LogP contribution in [-0.2, 0) is 0 Å². The Labute approximate surface area is 156 Å². The zero-order chi connectivity index (χ0) is 17.6. The maximum absolute atomic E-state index is 13.0. The molecule has 0 heterocycles. The average molecular weight is 345 g/mol. The topological polar surface area (TPSA) is 29.1 Å². The van der Waals surface area contributed by atoms with Gasteiger partial charge in [-0.3, -0.25) is 4.79 Å². The van der Waals surface area contributed by atoms with Crippen LogP contribution in [0.15, 0.2) is 54.6 Å². The summed E-state index contributed by atoms with van der Waals surface area (Å²) in [6.07, 6.45) is 8.34. The second-order valence-corrected chi connectivity index (χ2v) is 9.01. The van der Waals surface area contributed by atoms with Gasteiger partial charge in [0.25, 0.3) is 5.91 Å². The predicted octanol–water partition coefficient (Wildman–Crippen LogP) is 5.30. The molecule has 4 fully saturated rings. The van der Waals surface area contributed by atoms with E-state index in [1.807, 2.05) is 36.4 Å². The molecule has 0 aliphatic heterocycles. The standard InChI is InChI=1S/C24H27NO/c26-23(22-9-5-4-8-21(22)20-6-2-1-3-7-20)25-16-24-13-17-10-18(14-24)12-19(11-17)15-24/h1-9,17-19H,10-16H2,(H,25,26). The molecule has 2 nitrogen and oxygen atoms in total. The Morgan fingerprint density at radius 3 is 2.08 bits per heavy atom. The van der Waals surface area contributed by atoms with Gasteiger partial charge in [0.1, 0.15) is 0 Å². The summed E-state index contributed by atoms with van der Waals surface area (Å²) in [4.78, 5) is 13.0. The molecule has 6 rings (SSSR count). The predicted molar refractivity (Wildman–Crippen MR) is 105 cm³/mol. The maximum Gasteiger partial charge on any atom is 0.251 e. The molecule has 4 aliphatic rings. The number of amides is 1. The number of nitrogens with one attached hydrogen (secondary N) is 1. The second kappa shape index (κ2) is 6.26. The van der Waals surface area contributed by atoms with Crippen molar-refractivity contribution in [2.45, 2.75) is 38.5 Å². The van der Waals surface area contributed by atoms with Crippen LogP contribution < -0.4 is 5.32 Å². The van der Waals surface area contributed by atoms with E-state index in [2.05, 4.69) is 23.5 Å². The smallest absolute Gasteiger partial charge is 0.251 e. The van der Waals surface area contributed by atoms with E-state index in [1.165, 1.54) is 38.5 Å². The molecular weight excluding hydrogens is 318 g/mol. The molecule has 1 N–H and O–H groups in total. The van der Waals surface area contributed by atoms with Gasteiger partial charge in [0.05, 0.1) is 0 Å². The highest BCUT2D eigenvalue weighted by atomic mass is 16.1. The number of hydrogen-bond donors (Lipinski definition) is 1. The van der Waals surface area contributed by atoms with E-state index in [-0.39, 0.29) is 5.91 Å². The van der Waals surface area contributed by atoms with Gasteiger partial charge in [0, 0.05) is 12.1 Å². The number of carbonyl (C=O) groups excluding carboxylic acids is 1. The van der Waals surface area contributed by atoms with Crippen molar-refractivity contribution in [2.24, 2.45) is 23.2 Å². The van der Waals surface area contributed by atoms with Crippen molar-refractivity contribution < 1.29 is 4.79 Å². The van der Waals surface area contributed by atoms with Gasteiger partial charge in [-0.1, -0.05) is 48.5 Å². The van der Waals surface area contributed by atoms with Crippen molar-refractivity contribution in [3.63, 3.8) is 0 Å². The molecule has 0 saturated heterocycles. The normalized spacial score (nSPS) is 31.8. The molecule has 0 unspecified atom stereocenters. The van der Waals surface area contributed by atoms with Crippen LogP contribution in [0, 0.1) is 23.2 Å². The summed E-state index contributed by atoms with van der Waals surface area (Å²) >= 11 is 0. The molecule has 4 saturated carbocycles. The first-order valence-electron chi connectivity index (χ1n) is 10.1. The van der Waals surface area contributed by atoms with Crippen molar-refractivity contribution in [2.75, 3.05) is 6.54 Å². The molecule has 4 aliphatic carbocycles. The van der Waals surface area contributed by atoms with Gasteiger partial charge in [0.2, 0.25) is 0 Å². The van der Waals surface area contributed by atoms with Crippen molar-refractivity contribution in [3.8, 4) is 11.1 Å². The summed E-state index contributed by atoms with van der Waals surface area (Å²) < 4.78 is 0. The van der Waals surface area contributed by atoms with Crippen LogP contribution >= 0.6 is 0 Å². The largest absolute Gasteiger partial charge is 0.351 e. The lowest BCUT2D eigenvalue weighted by molar-refractivity contribution is -0.0503. The monoisotopic (exact) mass is 345 g/mol. The Bertz CT molecular complexity index is 775. The quantitative estimate of drug-likeness (QED) is 0.800. The summed E-state index contributed by atoms with van der Waals surface area (Å²) in [7, 11) is 0. The third-order valence-corrected chi connectivity index (χ3v) is 7.05. The molecule has 1 amide bonds. The Morgan fingerprint density at radius 2 is 1.42 bits per heavy atom. The third kappa shape index (κ3) is 2.86. The highest BCUT2D eigenvalue weighted by Crippen LogP contribution is 2.59. The first kappa shape index (κ1) is 16.1. The van der Waals surface area contributed by atoms with E-state index in [0.717, 1.165) is 41.0 Å². The van der Waals surface area contributed by atoms with Crippen LogP contribution in [0.1, 0.15) is 48.9 Å². The van der Waals surface area contributed by atoms with E-state index in [0.29, 0.717) is 5.41 Å². The van der Waals surface area contributed by atoms with Gasteiger partial charge in [-0.2, -0.15) is 0 Å². The average Bonchev–Trinajstić information content (AvgIpc) is 2.66. The lowest BCUT2D eigenvalue weighted by atomic mass is 9.49. The van der Waals surface area contributed by atoms with Crippen LogP contribution in [0.2, 0.25) is 0 Å². The molecule has 2 aromatic rings. The van der Waals surface area contributed by atoms with Crippen LogP contribution in [0.3, 0.4) is 0 Å². The summed E-state index contributed by atoms with van der Waals surface area (Å²) in [5.74, 6) is 2.86. The van der Waals surface area contributed by atoms with E-state index in [4.69, 9.17) is 0 Å². The first-order chi connectivity index (χ1) is 12.7. The highest BCUT2D eigenvalue weighted by Gasteiger charge is 2.50. The number of hydrogen-bond acceptors (Lipinski definition) is 1. The molecule has 2 aromatic carbocycles. The summed E-state index contributed by atoms with van der Waals surface area (Å²) in [6, 6.07) is 18.2. The van der Waals surface area contributed by atoms with E-state index in [1.54, 1.807) is 0 Å². The van der Waals surface area contributed by atoms with Crippen molar-refractivity contribution in [3.05, 3.63) is 60.2 Å². The zero-order valence-corrected chi connectivity index (χ0v) is 15.3. The SMILES string of the molecule is O=C(NCC12CC3CC(CC(C3)C1)C2)c1ccccc1-c1ccccc1. The van der Waals surface area contributed by atoms with Crippen LogP contribution in [-0.4, -0.2) is 12.5 Å². The van der Waals surface area contributed by atoms with Crippen LogP contribution in [0.4, 0.5) is 0 Å². The Kier molecular flexibility index (Phi) is 3.88.